The first kappa shape index (κ1) is 12.4. The highest BCUT2D eigenvalue weighted by Gasteiger charge is 2.25. The molecule has 2 atom stereocenters. The summed E-state index contributed by atoms with van der Waals surface area (Å²) in [5, 5.41) is 21.6. The average molecular weight is 239 g/mol. The van der Waals surface area contributed by atoms with Crippen LogP contribution in [0.3, 0.4) is 0 Å². The number of rotatable bonds is 4. The predicted octanol–water partition coefficient (Wildman–Crippen LogP) is 0.286. The van der Waals surface area contributed by atoms with Gasteiger partial charge in [0.2, 0.25) is 0 Å². The molecule has 0 bridgehead atoms. The van der Waals surface area contributed by atoms with E-state index in [9.17, 15) is 5.11 Å². The second-order valence-corrected chi connectivity index (χ2v) is 4.89. The third kappa shape index (κ3) is 3.01. The molecule has 1 N–H and O–H groups in total. The van der Waals surface area contributed by atoms with Crippen LogP contribution in [0, 0.1) is 5.92 Å². The van der Waals surface area contributed by atoms with E-state index >= 15 is 0 Å². The van der Waals surface area contributed by atoms with Gasteiger partial charge in [-0.05, 0) is 35.7 Å². The minimum atomic E-state index is -0.223. The number of aryl methyl sites for hydroxylation is 1. The molecule has 1 aromatic rings. The molecule has 6 heteroatoms. The van der Waals surface area contributed by atoms with E-state index in [-0.39, 0.29) is 6.10 Å². The molecule has 1 aliphatic rings. The van der Waals surface area contributed by atoms with Gasteiger partial charge < -0.3 is 5.11 Å². The Labute approximate surface area is 102 Å². The number of nitrogens with zero attached hydrogens (tertiary/aromatic N) is 5. The van der Waals surface area contributed by atoms with Crippen molar-refractivity contribution in [1.82, 2.24) is 25.1 Å². The van der Waals surface area contributed by atoms with Crippen LogP contribution in [0.5, 0.6) is 0 Å². The average Bonchev–Trinajstić information content (AvgIpc) is 2.72. The Balaban J connectivity index is 1.94. The Morgan fingerprint density at radius 1 is 1.47 bits per heavy atom. The van der Waals surface area contributed by atoms with E-state index in [0.29, 0.717) is 5.92 Å². The second kappa shape index (κ2) is 5.55. The molecule has 0 aliphatic carbocycles. The summed E-state index contributed by atoms with van der Waals surface area (Å²) in [5.74, 6) is 1.30. The molecular formula is C11H21N5O. The lowest BCUT2D eigenvalue weighted by Crippen LogP contribution is -2.42. The molecule has 1 saturated heterocycles. The first-order valence-corrected chi connectivity index (χ1v) is 6.36. The number of hydrogen-bond acceptors (Lipinski definition) is 5. The summed E-state index contributed by atoms with van der Waals surface area (Å²) in [6.45, 7) is 7.53. The molecule has 96 valence electrons. The van der Waals surface area contributed by atoms with Crippen LogP contribution in [0.1, 0.15) is 32.5 Å². The first-order chi connectivity index (χ1) is 8.20. The van der Waals surface area contributed by atoms with Crippen molar-refractivity contribution in [2.75, 3.05) is 13.1 Å². The number of β-amino-alcohol motifs (C(OH)–C–C–N with tert-alkyl or cyclic N) is 1. The molecule has 17 heavy (non-hydrogen) atoms. The molecule has 2 rings (SSSR count). The second-order valence-electron chi connectivity index (χ2n) is 4.89. The lowest BCUT2D eigenvalue weighted by molar-refractivity contribution is 0.0243. The number of piperidine rings is 1. The van der Waals surface area contributed by atoms with Gasteiger partial charge in [0.05, 0.1) is 12.6 Å². The van der Waals surface area contributed by atoms with Gasteiger partial charge in [-0.25, -0.2) is 4.68 Å². The lowest BCUT2D eigenvalue weighted by atomic mass is 9.96. The Bertz CT molecular complexity index is 353. The van der Waals surface area contributed by atoms with Crippen molar-refractivity contribution in [2.45, 2.75) is 45.9 Å². The van der Waals surface area contributed by atoms with E-state index in [1.165, 1.54) is 0 Å². The van der Waals surface area contributed by atoms with E-state index in [2.05, 4.69) is 34.3 Å². The van der Waals surface area contributed by atoms with E-state index in [4.69, 9.17) is 0 Å². The number of aliphatic hydroxyl groups is 1. The third-order valence-corrected chi connectivity index (χ3v) is 3.41. The van der Waals surface area contributed by atoms with Crippen LogP contribution in [0.15, 0.2) is 0 Å². The molecule has 0 saturated carbocycles. The number of hydrogen-bond donors (Lipinski definition) is 1. The van der Waals surface area contributed by atoms with Gasteiger partial charge in [-0.1, -0.05) is 13.8 Å². The van der Waals surface area contributed by atoms with Crippen molar-refractivity contribution < 1.29 is 5.11 Å². The summed E-state index contributed by atoms with van der Waals surface area (Å²) in [5.41, 5.74) is 0. The predicted molar refractivity (Wildman–Crippen MR) is 63.2 cm³/mol. The summed E-state index contributed by atoms with van der Waals surface area (Å²) in [7, 11) is 0. The summed E-state index contributed by atoms with van der Waals surface area (Å²) < 4.78 is 1.85. The van der Waals surface area contributed by atoms with Crippen molar-refractivity contribution >= 4 is 0 Å². The number of tetrazole rings is 1. The number of aromatic nitrogens is 4. The molecule has 0 radical (unpaired) electrons. The summed E-state index contributed by atoms with van der Waals surface area (Å²) in [4.78, 5) is 2.22. The van der Waals surface area contributed by atoms with Crippen LogP contribution >= 0.6 is 0 Å². The largest absolute Gasteiger partial charge is 0.392 e. The zero-order valence-electron chi connectivity index (χ0n) is 10.6. The Morgan fingerprint density at radius 2 is 2.29 bits per heavy atom. The number of likely N-dealkylation sites (tertiary alicyclic amines) is 1. The molecule has 0 aromatic carbocycles. The molecule has 2 unspecified atom stereocenters. The smallest absolute Gasteiger partial charge is 0.165 e. The zero-order chi connectivity index (χ0) is 12.3. The van der Waals surface area contributed by atoms with E-state index in [1.807, 2.05) is 4.68 Å². The zero-order valence-corrected chi connectivity index (χ0v) is 10.6. The highest BCUT2D eigenvalue weighted by Crippen LogP contribution is 2.18. The van der Waals surface area contributed by atoms with Crippen LogP contribution < -0.4 is 0 Å². The van der Waals surface area contributed by atoms with Crippen molar-refractivity contribution in [3.8, 4) is 0 Å². The fraction of sp³-hybridized carbons (Fsp3) is 0.909. The van der Waals surface area contributed by atoms with E-state index < -0.39 is 0 Å². The van der Waals surface area contributed by atoms with Gasteiger partial charge >= 0.3 is 0 Å². The van der Waals surface area contributed by atoms with Crippen LogP contribution in [0.25, 0.3) is 0 Å². The fourth-order valence-corrected chi connectivity index (χ4v) is 2.18. The number of aliphatic hydroxyl groups excluding tert-OH is 1. The SMILES string of the molecule is CCCn1nnnc1CN1CCC(C)C(O)C1. The van der Waals surface area contributed by atoms with Crippen LogP contribution in [-0.2, 0) is 13.1 Å². The molecule has 0 spiro atoms. The highest BCUT2D eigenvalue weighted by atomic mass is 16.3. The maximum Gasteiger partial charge on any atom is 0.165 e. The van der Waals surface area contributed by atoms with Gasteiger partial charge in [-0.2, -0.15) is 0 Å². The standard InChI is InChI=1S/C11H21N5O/c1-3-5-16-11(12-13-14-16)8-15-6-4-9(2)10(17)7-15/h9-10,17H,3-8H2,1-2H3. The first-order valence-electron chi connectivity index (χ1n) is 6.36. The quantitative estimate of drug-likeness (QED) is 0.817. The maximum absolute atomic E-state index is 9.85. The molecule has 2 heterocycles. The van der Waals surface area contributed by atoms with Gasteiger partial charge in [0.25, 0.3) is 0 Å². The minimum absolute atomic E-state index is 0.223. The molecule has 1 fully saturated rings. The summed E-state index contributed by atoms with van der Waals surface area (Å²) >= 11 is 0. The molecule has 1 aliphatic heterocycles. The molecule has 1 aromatic heterocycles. The van der Waals surface area contributed by atoms with Crippen LogP contribution in [0.2, 0.25) is 0 Å². The van der Waals surface area contributed by atoms with Crippen molar-refractivity contribution in [3.05, 3.63) is 5.82 Å². The lowest BCUT2D eigenvalue weighted by Gasteiger charge is -2.33. The summed E-state index contributed by atoms with van der Waals surface area (Å²) in [6.07, 6.45) is 1.84. The molecule has 6 nitrogen and oxygen atoms in total. The fourth-order valence-electron chi connectivity index (χ4n) is 2.18. The van der Waals surface area contributed by atoms with E-state index in [1.54, 1.807) is 0 Å². The maximum atomic E-state index is 9.85. The van der Waals surface area contributed by atoms with Gasteiger partial charge in [-0.15, -0.1) is 5.10 Å². The van der Waals surface area contributed by atoms with Crippen LogP contribution in [0.4, 0.5) is 0 Å². The van der Waals surface area contributed by atoms with Crippen molar-refractivity contribution in [1.29, 1.82) is 0 Å². The molecule has 0 amide bonds. The van der Waals surface area contributed by atoms with Crippen molar-refractivity contribution in [3.63, 3.8) is 0 Å². The van der Waals surface area contributed by atoms with Gasteiger partial charge in [0.1, 0.15) is 0 Å². The van der Waals surface area contributed by atoms with Gasteiger partial charge in [-0.3, -0.25) is 4.90 Å². The Kier molecular flexibility index (Phi) is 4.06. The Hall–Kier alpha value is -1.01. The monoisotopic (exact) mass is 239 g/mol. The Morgan fingerprint density at radius 3 is 3.00 bits per heavy atom. The van der Waals surface area contributed by atoms with Gasteiger partial charge in [0.15, 0.2) is 5.82 Å². The van der Waals surface area contributed by atoms with Crippen molar-refractivity contribution in [2.24, 2.45) is 5.92 Å². The minimum Gasteiger partial charge on any atom is -0.392 e. The highest BCUT2D eigenvalue weighted by molar-refractivity contribution is 4.85. The third-order valence-electron chi connectivity index (χ3n) is 3.41. The van der Waals surface area contributed by atoms with Crippen LogP contribution in [-0.4, -0.2) is 49.4 Å². The van der Waals surface area contributed by atoms with E-state index in [0.717, 1.165) is 44.8 Å². The summed E-state index contributed by atoms with van der Waals surface area (Å²) in [6, 6.07) is 0. The molecular weight excluding hydrogens is 218 g/mol. The van der Waals surface area contributed by atoms with Gasteiger partial charge in [0, 0.05) is 13.1 Å². The normalized spacial score (nSPS) is 26.3. The topological polar surface area (TPSA) is 67.1 Å².